The first-order valence-electron chi connectivity index (χ1n) is 8.10. The van der Waals surface area contributed by atoms with Gasteiger partial charge < -0.3 is 4.74 Å². The van der Waals surface area contributed by atoms with Crippen LogP contribution >= 0.6 is 11.6 Å². The summed E-state index contributed by atoms with van der Waals surface area (Å²) in [7, 11) is -2.55. The summed E-state index contributed by atoms with van der Waals surface area (Å²) in [5.41, 5.74) is 0.394. The zero-order valence-corrected chi connectivity index (χ0v) is 16.2. The van der Waals surface area contributed by atoms with Crippen molar-refractivity contribution in [3.8, 4) is 5.75 Å². The van der Waals surface area contributed by atoms with Gasteiger partial charge in [0.2, 0.25) is 0 Å². The summed E-state index contributed by atoms with van der Waals surface area (Å²) in [5.74, 6) is -1.33. The first kappa shape index (κ1) is 19.9. The van der Waals surface area contributed by atoms with Crippen LogP contribution in [0.15, 0.2) is 77.7 Å². The molecule has 3 rings (SSSR count). The molecular weight excluding hydrogens is 405 g/mol. The highest BCUT2D eigenvalue weighted by atomic mass is 35.5. The van der Waals surface area contributed by atoms with Gasteiger partial charge in [0, 0.05) is 18.1 Å². The number of anilines is 1. The molecule has 0 spiro atoms. The van der Waals surface area contributed by atoms with E-state index < -0.39 is 21.8 Å². The summed E-state index contributed by atoms with van der Waals surface area (Å²) in [6.45, 7) is 0. The molecule has 28 heavy (non-hydrogen) atoms. The van der Waals surface area contributed by atoms with E-state index in [0.717, 1.165) is 10.4 Å². The Morgan fingerprint density at radius 1 is 1.00 bits per heavy atom. The molecule has 3 aromatic carbocycles. The van der Waals surface area contributed by atoms with E-state index in [1.54, 1.807) is 18.2 Å². The van der Waals surface area contributed by atoms with Crippen molar-refractivity contribution in [3.05, 3.63) is 89.2 Å². The Morgan fingerprint density at radius 3 is 2.43 bits per heavy atom. The van der Waals surface area contributed by atoms with Crippen LogP contribution in [0.2, 0.25) is 5.02 Å². The van der Waals surface area contributed by atoms with Gasteiger partial charge in [-0.05, 0) is 48.5 Å². The molecule has 0 aliphatic carbocycles. The van der Waals surface area contributed by atoms with E-state index in [1.807, 2.05) is 0 Å². The highest BCUT2D eigenvalue weighted by Crippen LogP contribution is 2.25. The fourth-order valence-electron chi connectivity index (χ4n) is 2.45. The second-order valence-electron chi connectivity index (χ2n) is 5.83. The largest absolute Gasteiger partial charge is 0.423 e. The molecule has 0 aliphatic heterocycles. The summed E-state index contributed by atoms with van der Waals surface area (Å²) in [4.78, 5) is 12.2. The fourth-order valence-corrected chi connectivity index (χ4v) is 3.87. The van der Waals surface area contributed by atoms with Crippen LogP contribution in [0.4, 0.5) is 10.1 Å². The van der Waals surface area contributed by atoms with Gasteiger partial charge in [-0.3, -0.25) is 4.31 Å². The Labute approximate surface area is 167 Å². The summed E-state index contributed by atoms with van der Waals surface area (Å²) in [5, 5.41) is 0.395. The topological polar surface area (TPSA) is 63.7 Å². The monoisotopic (exact) mass is 419 g/mol. The number of rotatable bonds is 5. The molecular formula is C20H15ClFNO4S. The van der Waals surface area contributed by atoms with Crippen LogP contribution in [-0.2, 0) is 10.0 Å². The molecule has 8 heteroatoms. The number of esters is 1. The number of halogens is 2. The van der Waals surface area contributed by atoms with Crippen LogP contribution < -0.4 is 9.04 Å². The van der Waals surface area contributed by atoms with Gasteiger partial charge in [0.1, 0.15) is 11.6 Å². The fraction of sp³-hybridized carbons (Fsp3) is 0.0500. The Morgan fingerprint density at radius 2 is 1.71 bits per heavy atom. The first-order valence-corrected chi connectivity index (χ1v) is 9.91. The number of sulfonamides is 1. The second kappa shape index (κ2) is 8.00. The van der Waals surface area contributed by atoms with E-state index in [0.29, 0.717) is 10.7 Å². The predicted octanol–water partition coefficient (Wildman–Crippen LogP) is 4.52. The highest BCUT2D eigenvalue weighted by Gasteiger charge is 2.23. The third-order valence-corrected chi connectivity index (χ3v) is 5.92. The molecule has 0 bridgehead atoms. The molecule has 0 amide bonds. The summed E-state index contributed by atoms with van der Waals surface area (Å²) in [6.07, 6.45) is 0. The zero-order chi connectivity index (χ0) is 20.3. The van der Waals surface area contributed by atoms with E-state index in [4.69, 9.17) is 16.3 Å². The van der Waals surface area contributed by atoms with Gasteiger partial charge in [0.25, 0.3) is 10.0 Å². The molecule has 0 atom stereocenters. The van der Waals surface area contributed by atoms with E-state index in [-0.39, 0.29) is 16.2 Å². The summed E-state index contributed by atoms with van der Waals surface area (Å²) >= 11 is 5.93. The van der Waals surface area contributed by atoms with Gasteiger partial charge in [0.05, 0.1) is 16.1 Å². The summed E-state index contributed by atoms with van der Waals surface area (Å²) in [6, 6.07) is 16.9. The number of hydrogen-bond acceptors (Lipinski definition) is 4. The van der Waals surface area contributed by atoms with E-state index in [2.05, 4.69) is 0 Å². The van der Waals surface area contributed by atoms with Crippen LogP contribution in [0.5, 0.6) is 5.75 Å². The molecule has 0 saturated carbocycles. The minimum atomic E-state index is -3.94. The van der Waals surface area contributed by atoms with Crippen molar-refractivity contribution in [1.82, 2.24) is 0 Å². The van der Waals surface area contributed by atoms with Crippen molar-refractivity contribution >= 4 is 33.3 Å². The number of benzene rings is 3. The molecule has 5 nitrogen and oxygen atoms in total. The number of carbonyl (C=O) groups is 1. The normalized spacial score (nSPS) is 11.1. The minimum absolute atomic E-state index is 0.0184. The smallest absolute Gasteiger partial charge is 0.343 e. The minimum Gasteiger partial charge on any atom is -0.423 e. The molecule has 0 saturated heterocycles. The number of hydrogen-bond donors (Lipinski definition) is 0. The maximum absolute atomic E-state index is 13.2. The average molecular weight is 420 g/mol. The predicted molar refractivity (Wildman–Crippen MR) is 105 cm³/mol. The Kier molecular flexibility index (Phi) is 5.67. The highest BCUT2D eigenvalue weighted by molar-refractivity contribution is 7.92. The van der Waals surface area contributed by atoms with E-state index in [1.165, 1.54) is 55.6 Å². The zero-order valence-electron chi connectivity index (χ0n) is 14.7. The number of carbonyl (C=O) groups excluding carboxylic acids is 1. The molecule has 0 radical (unpaired) electrons. The molecule has 0 unspecified atom stereocenters. The second-order valence-corrected chi connectivity index (χ2v) is 8.23. The molecule has 0 heterocycles. The van der Waals surface area contributed by atoms with Gasteiger partial charge in [-0.15, -0.1) is 0 Å². The van der Waals surface area contributed by atoms with Gasteiger partial charge >= 0.3 is 5.97 Å². The molecule has 144 valence electrons. The first-order chi connectivity index (χ1) is 13.3. The van der Waals surface area contributed by atoms with Crippen LogP contribution in [0, 0.1) is 5.82 Å². The molecule has 0 N–H and O–H groups in total. The molecule has 0 aromatic heterocycles. The quantitative estimate of drug-likeness (QED) is 0.450. The van der Waals surface area contributed by atoms with Crippen molar-refractivity contribution in [2.24, 2.45) is 0 Å². The van der Waals surface area contributed by atoms with Gasteiger partial charge in [-0.1, -0.05) is 29.8 Å². The van der Waals surface area contributed by atoms with Crippen molar-refractivity contribution in [2.75, 3.05) is 11.4 Å². The maximum atomic E-state index is 13.2. The van der Waals surface area contributed by atoms with Crippen molar-refractivity contribution < 1.29 is 22.3 Å². The number of nitrogens with zero attached hydrogens (tertiary/aromatic N) is 1. The van der Waals surface area contributed by atoms with Crippen LogP contribution in [0.1, 0.15) is 10.4 Å². The SMILES string of the molecule is CN(c1cccc(Cl)c1)S(=O)(=O)c1cccc(C(=O)Oc2cccc(F)c2)c1. The Hall–Kier alpha value is -2.90. The third-order valence-electron chi connectivity index (χ3n) is 3.91. The average Bonchev–Trinajstić information content (AvgIpc) is 2.67. The Balaban J connectivity index is 1.88. The van der Waals surface area contributed by atoms with Gasteiger partial charge in [0.15, 0.2) is 0 Å². The van der Waals surface area contributed by atoms with Crippen LogP contribution in [0.25, 0.3) is 0 Å². The van der Waals surface area contributed by atoms with E-state index >= 15 is 0 Å². The molecule has 3 aromatic rings. The van der Waals surface area contributed by atoms with E-state index in [9.17, 15) is 17.6 Å². The maximum Gasteiger partial charge on any atom is 0.343 e. The van der Waals surface area contributed by atoms with Crippen molar-refractivity contribution in [3.63, 3.8) is 0 Å². The lowest BCUT2D eigenvalue weighted by Crippen LogP contribution is -2.26. The lowest BCUT2D eigenvalue weighted by Gasteiger charge is -2.20. The van der Waals surface area contributed by atoms with Gasteiger partial charge in [-0.2, -0.15) is 0 Å². The van der Waals surface area contributed by atoms with Crippen molar-refractivity contribution in [1.29, 1.82) is 0 Å². The Bertz CT molecular complexity index is 1130. The molecule has 0 aliphatic rings. The lowest BCUT2D eigenvalue weighted by molar-refractivity contribution is 0.0734. The third kappa shape index (κ3) is 4.32. The van der Waals surface area contributed by atoms with Crippen LogP contribution in [0.3, 0.4) is 0 Å². The van der Waals surface area contributed by atoms with Gasteiger partial charge in [-0.25, -0.2) is 17.6 Å². The number of ether oxygens (including phenoxy) is 1. The van der Waals surface area contributed by atoms with Crippen LogP contribution in [-0.4, -0.2) is 21.4 Å². The molecule has 0 fully saturated rings. The standard InChI is InChI=1S/C20H15ClFNO4S/c1-23(17-8-3-6-15(21)12-17)28(25,26)19-10-2-5-14(11-19)20(24)27-18-9-4-7-16(22)13-18/h2-13H,1H3. The summed E-state index contributed by atoms with van der Waals surface area (Å²) < 4.78 is 45.2. The lowest BCUT2D eigenvalue weighted by atomic mass is 10.2. The van der Waals surface area contributed by atoms with Crippen molar-refractivity contribution in [2.45, 2.75) is 4.90 Å².